The van der Waals surface area contributed by atoms with Crippen LogP contribution in [0.2, 0.25) is 5.02 Å². The van der Waals surface area contributed by atoms with E-state index in [-0.39, 0.29) is 0 Å². The first-order valence-corrected chi connectivity index (χ1v) is 8.80. The highest BCUT2D eigenvalue weighted by atomic mass is 35.5. The molecule has 0 bridgehead atoms. The molecule has 0 spiro atoms. The fraction of sp³-hybridized carbons (Fsp3) is 0.588. The zero-order chi connectivity index (χ0) is 17.2. The molecular weight excluding hydrogens is 330 g/mol. The molecule has 24 heavy (non-hydrogen) atoms. The zero-order valence-electron chi connectivity index (χ0n) is 14.4. The van der Waals surface area contributed by atoms with Crippen LogP contribution in [0.3, 0.4) is 0 Å². The minimum Gasteiger partial charge on any atom is -0.486 e. The largest absolute Gasteiger partial charge is 0.486 e. The molecule has 1 aromatic rings. The molecule has 0 amide bonds. The highest BCUT2D eigenvalue weighted by Crippen LogP contribution is 2.38. The molecule has 0 aromatic heterocycles. The molecule has 0 saturated carbocycles. The standard InChI is InChI=1S/C17H26ClN3O3/c1-3-19-17(20-6-5-7-22-4-2)21-12-13-10-14(18)16-15(11-13)23-8-9-24-16/h10-11H,3-9,12H2,1-2H3,(H2,19,20,21). The lowest BCUT2D eigenvalue weighted by atomic mass is 10.2. The Balaban J connectivity index is 1.94. The lowest BCUT2D eigenvalue weighted by Crippen LogP contribution is -2.38. The Morgan fingerprint density at radius 1 is 1.25 bits per heavy atom. The van der Waals surface area contributed by atoms with Crippen LogP contribution in [0.15, 0.2) is 17.1 Å². The van der Waals surface area contributed by atoms with Gasteiger partial charge in [0.2, 0.25) is 0 Å². The van der Waals surface area contributed by atoms with Crippen molar-refractivity contribution in [3.8, 4) is 11.5 Å². The van der Waals surface area contributed by atoms with Crippen LogP contribution in [-0.4, -0.2) is 45.5 Å². The number of nitrogens with zero attached hydrogens (tertiary/aromatic N) is 1. The van der Waals surface area contributed by atoms with Crippen LogP contribution in [0.5, 0.6) is 11.5 Å². The fourth-order valence-electron chi connectivity index (χ4n) is 2.29. The van der Waals surface area contributed by atoms with Gasteiger partial charge in [0, 0.05) is 26.3 Å². The minimum atomic E-state index is 0.511. The second-order valence-electron chi connectivity index (χ2n) is 5.27. The van der Waals surface area contributed by atoms with E-state index in [4.69, 9.17) is 25.8 Å². The van der Waals surface area contributed by atoms with Crippen LogP contribution in [0.4, 0.5) is 0 Å². The summed E-state index contributed by atoms with van der Waals surface area (Å²) in [6.45, 7) is 8.74. The maximum absolute atomic E-state index is 6.26. The van der Waals surface area contributed by atoms with Gasteiger partial charge in [0.1, 0.15) is 13.2 Å². The second-order valence-corrected chi connectivity index (χ2v) is 5.68. The quantitative estimate of drug-likeness (QED) is 0.426. The number of halogens is 1. The Morgan fingerprint density at radius 3 is 2.88 bits per heavy atom. The molecule has 0 radical (unpaired) electrons. The van der Waals surface area contributed by atoms with Crippen molar-refractivity contribution in [2.75, 3.05) is 39.5 Å². The second kappa shape index (κ2) is 10.3. The van der Waals surface area contributed by atoms with Crippen LogP contribution in [-0.2, 0) is 11.3 Å². The maximum Gasteiger partial charge on any atom is 0.191 e. The molecule has 1 aliphatic rings. The molecule has 134 valence electrons. The molecule has 6 nitrogen and oxygen atoms in total. The average molecular weight is 356 g/mol. The van der Waals surface area contributed by atoms with Gasteiger partial charge < -0.3 is 24.8 Å². The Morgan fingerprint density at radius 2 is 2.08 bits per heavy atom. The first-order valence-electron chi connectivity index (χ1n) is 8.42. The lowest BCUT2D eigenvalue weighted by Gasteiger charge is -2.20. The smallest absolute Gasteiger partial charge is 0.191 e. The lowest BCUT2D eigenvalue weighted by molar-refractivity contribution is 0.145. The van der Waals surface area contributed by atoms with Crippen LogP contribution < -0.4 is 20.1 Å². The Hall–Kier alpha value is -1.66. The summed E-state index contributed by atoms with van der Waals surface area (Å²) in [5.41, 5.74) is 0.982. The topological polar surface area (TPSA) is 64.1 Å². The Bertz CT molecular complexity index is 552. The van der Waals surface area contributed by atoms with Crippen molar-refractivity contribution >= 4 is 17.6 Å². The summed E-state index contributed by atoms with van der Waals surface area (Å²) in [6, 6.07) is 3.81. The predicted octanol–water partition coefficient (Wildman–Crippen LogP) is 2.59. The van der Waals surface area contributed by atoms with Crippen molar-refractivity contribution in [3.05, 3.63) is 22.7 Å². The van der Waals surface area contributed by atoms with Crippen molar-refractivity contribution < 1.29 is 14.2 Å². The first-order chi connectivity index (χ1) is 11.7. The highest BCUT2D eigenvalue weighted by Gasteiger charge is 2.16. The monoisotopic (exact) mass is 355 g/mol. The van der Waals surface area contributed by atoms with E-state index in [9.17, 15) is 0 Å². The summed E-state index contributed by atoms with van der Waals surface area (Å²) in [5, 5.41) is 7.09. The Kier molecular flexibility index (Phi) is 7.98. The number of hydrogen-bond donors (Lipinski definition) is 2. The van der Waals surface area contributed by atoms with E-state index in [0.29, 0.717) is 36.3 Å². The zero-order valence-corrected chi connectivity index (χ0v) is 15.1. The molecule has 2 rings (SSSR count). The number of fused-ring (bicyclic) bond motifs is 1. The van der Waals surface area contributed by atoms with E-state index in [1.165, 1.54) is 0 Å². The summed E-state index contributed by atoms with van der Waals surface area (Å²) >= 11 is 6.26. The molecule has 0 aliphatic carbocycles. The number of nitrogens with one attached hydrogen (secondary N) is 2. The van der Waals surface area contributed by atoms with Gasteiger partial charge >= 0.3 is 0 Å². The molecule has 0 saturated heterocycles. The van der Waals surface area contributed by atoms with Gasteiger partial charge in [-0.05, 0) is 38.0 Å². The Labute approximate surface area is 148 Å². The van der Waals surface area contributed by atoms with Gasteiger partial charge in [-0.3, -0.25) is 0 Å². The van der Waals surface area contributed by atoms with Gasteiger partial charge in [-0.2, -0.15) is 0 Å². The van der Waals surface area contributed by atoms with Gasteiger partial charge in [-0.15, -0.1) is 0 Å². The molecule has 0 atom stereocenters. The van der Waals surface area contributed by atoms with Crippen LogP contribution in [0.1, 0.15) is 25.8 Å². The van der Waals surface area contributed by atoms with E-state index < -0.39 is 0 Å². The van der Waals surface area contributed by atoms with Crippen LogP contribution in [0, 0.1) is 0 Å². The number of aliphatic imine (C=N–C) groups is 1. The molecule has 0 unspecified atom stereocenters. The highest BCUT2D eigenvalue weighted by molar-refractivity contribution is 6.32. The fourth-order valence-corrected chi connectivity index (χ4v) is 2.58. The van der Waals surface area contributed by atoms with Gasteiger partial charge in [0.15, 0.2) is 17.5 Å². The minimum absolute atomic E-state index is 0.511. The van der Waals surface area contributed by atoms with E-state index in [0.717, 1.165) is 44.2 Å². The molecule has 0 fully saturated rings. The van der Waals surface area contributed by atoms with E-state index in [2.05, 4.69) is 15.6 Å². The van der Waals surface area contributed by atoms with Gasteiger partial charge in [-0.1, -0.05) is 11.6 Å². The van der Waals surface area contributed by atoms with Crippen molar-refractivity contribution in [2.24, 2.45) is 4.99 Å². The van der Waals surface area contributed by atoms with Crippen LogP contribution >= 0.6 is 11.6 Å². The van der Waals surface area contributed by atoms with Crippen molar-refractivity contribution in [1.82, 2.24) is 10.6 Å². The number of hydrogen-bond acceptors (Lipinski definition) is 4. The predicted molar refractivity (Wildman–Crippen MR) is 96.4 cm³/mol. The summed E-state index contributed by atoms with van der Waals surface area (Å²) in [7, 11) is 0. The maximum atomic E-state index is 6.26. The van der Waals surface area contributed by atoms with E-state index in [1.54, 1.807) is 0 Å². The van der Waals surface area contributed by atoms with Crippen molar-refractivity contribution in [1.29, 1.82) is 0 Å². The number of benzene rings is 1. The number of guanidine groups is 1. The summed E-state index contributed by atoms with van der Waals surface area (Å²) in [5.74, 6) is 2.09. The van der Waals surface area contributed by atoms with E-state index >= 15 is 0 Å². The summed E-state index contributed by atoms with van der Waals surface area (Å²) < 4.78 is 16.5. The molecule has 1 heterocycles. The van der Waals surface area contributed by atoms with Gasteiger partial charge in [0.25, 0.3) is 0 Å². The average Bonchev–Trinajstić information content (AvgIpc) is 2.59. The molecule has 1 aromatic carbocycles. The third-order valence-corrected chi connectivity index (χ3v) is 3.66. The molecule has 1 aliphatic heterocycles. The van der Waals surface area contributed by atoms with Gasteiger partial charge in [-0.25, -0.2) is 4.99 Å². The van der Waals surface area contributed by atoms with Crippen molar-refractivity contribution in [3.63, 3.8) is 0 Å². The number of ether oxygens (including phenoxy) is 3. The summed E-state index contributed by atoms with van der Waals surface area (Å²) in [6.07, 6.45) is 0.939. The van der Waals surface area contributed by atoms with Crippen LogP contribution in [0.25, 0.3) is 0 Å². The first kappa shape index (κ1) is 18.7. The molecule has 2 N–H and O–H groups in total. The van der Waals surface area contributed by atoms with Gasteiger partial charge in [0.05, 0.1) is 11.6 Å². The number of rotatable bonds is 8. The third-order valence-electron chi connectivity index (χ3n) is 3.38. The third kappa shape index (κ3) is 5.76. The van der Waals surface area contributed by atoms with Crippen molar-refractivity contribution in [2.45, 2.75) is 26.8 Å². The van der Waals surface area contributed by atoms with E-state index in [1.807, 2.05) is 26.0 Å². The molecular formula is C17H26ClN3O3. The SMILES string of the molecule is CCNC(=NCc1cc(Cl)c2c(c1)OCCO2)NCCCOCC. The molecule has 7 heteroatoms. The summed E-state index contributed by atoms with van der Waals surface area (Å²) in [4.78, 5) is 4.59. The normalized spacial score (nSPS) is 13.7.